The Morgan fingerprint density at radius 3 is 1.58 bits per heavy atom. The van der Waals surface area contributed by atoms with Crippen LogP contribution in [0.25, 0.3) is 0 Å². The Morgan fingerprint density at radius 1 is 0.639 bits per heavy atom. The highest BCUT2D eigenvalue weighted by molar-refractivity contribution is 5.33. The Morgan fingerprint density at radius 2 is 1.11 bits per heavy atom. The van der Waals surface area contributed by atoms with Gasteiger partial charge in [-0.3, -0.25) is 0 Å². The van der Waals surface area contributed by atoms with Gasteiger partial charge in [0.2, 0.25) is 0 Å². The number of rotatable bonds is 16. The summed E-state index contributed by atoms with van der Waals surface area (Å²) in [5, 5.41) is 7.42. The van der Waals surface area contributed by atoms with Crippen molar-refractivity contribution < 1.29 is 0 Å². The summed E-state index contributed by atoms with van der Waals surface area (Å²) in [5.41, 5.74) is 12.0. The summed E-state index contributed by atoms with van der Waals surface area (Å²) in [6.07, 6.45) is 9.50. The molecule has 0 aromatic heterocycles. The van der Waals surface area contributed by atoms with Crippen molar-refractivity contribution in [2.45, 2.75) is 110 Å². The predicted molar refractivity (Wildman–Crippen MR) is 159 cm³/mol. The maximum atomic E-state index is 5.60. The minimum absolute atomic E-state index is 0.200. The van der Waals surface area contributed by atoms with Crippen LogP contribution in [0.4, 0.5) is 0 Å². The van der Waals surface area contributed by atoms with Gasteiger partial charge in [-0.2, -0.15) is 0 Å². The second-order valence-electron chi connectivity index (χ2n) is 12.5. The van der Waals surface area contributed by atoms with Gasteiger partial charge in [-0.1, -0.05) is 90.1 Å². The maximum Gasteiger partial charge on any atom is 0.00672 e. The Bertz CT molecular complexity index is 796. The van der Waals surface area contributed by atoms with Crippen LogP contribution in [0.3, 0.4) is 0 Å². The van der Waals surface area contributed by atoms with Crippen LogP contribution in [-0.2, 0) is 23.7 Å². The first-order valence-electron chi connectivity index (χ1n) is 14.4. The van der Waals surface area contributed by atoms with E-state index >= 15 is 0 Å². The number of nitrogens with two attached hydrogens (primary N) is 1. The van der Waals surface area contributed by atoms with E-state index in [1.165, 1.54) is 67.2 Å². The number of aryl methyl sites for hydroxylation is 2. The van der Waals surface area contributed by atoms with E-state index in [0.717, 1.165) is 32.6 Å². The van der Waals surface area contributed by atoms with Gasteiger partial charge in [0.05, 0.1) is 0 Å². The molecular formula is C33H55N3. The second kappa shape index (κ2) is 15.5. The topological polar surface area (TPSA) is 50.1 Å². The summed E-state index contributed by atoms with van der Waals surface area (Å²) in [6.45, 7) is 17.9. The van der Waals surface area contributed by atoms with Gasteiger partial charge in [0.15, 0.2) is 0 Å². The van der Waals surface area contributed by atoms with Gasteiger partial charge < -0.3 is 16.4 Å². The van der Waals surface area contributed by atoms with E-state index in [-0.39, 0.29) is 10.8 Å². The third-order valence-electron chi connectivity index (χ3n) is 7.17. The molecule has 0 unspecified atom stereocenters. The highest BCUT2D eigenvalue weighted by Gasteiger charge is 2.19. The first-order valence-corrected chi connectivity index (χ1v) is 14.4. The molecule has 2 rings (SSSR count). The minimum Gasteiger partial charge on any atom is -0.330 e. The van der Waals surface area contributed by atoms with Crippen LogP contribution in [0.15, 0.2) is 48.5 Å². The van der Waals surface area contributed by atoms with Crippen LogP contribution in [0, 0.1) is 0 Å². The zero-order valence-electron chi connectivity index (χ0n) is 24.3. The average molecular weight is 494 g/mol. The second-order valence-corrected chi connectivity index (χ2v) is 12.5. The van der Waals surface area contributed by atoms with E-state index in [1.54, 1.807) is 0 Å². The first kappa shape index (κ1) is 30.5. The van der Waals surface area contributed by atoms with Crippen molar-refractivity contribution in [3.8, 4) is 0 Å². The van der Waals surface area contributed by atoms with E-state index in [0.29, 0.717) is 6.04 Å². The maximum absolute atomic E-state index is 5.60. The molecule has 2 aromatic carbocycles. The zero-order valence-corrected chi connectivity index (χ0v) is 24.3. The van der Waals surface area contributed by atoms with E-state index in [2.05, 4.69) is 101 Å². The predicted octanol–water partition coefficient (Wildman–Crippen LogP) is 6.91. The monoisotopic (exact) mass is 493 g/mol. The van der Waals surface area contributed by atoms with Crippen molar-refractivity contribution in [1.82, 2.24) is 10.6 Å². The Balaban J connectivity index is 1.92. The molecule has 0 fully saturated rings. The zero-order chi connectivity index (χ0) is 26.4. The molecule has 0 heterocycles. The van der Waals surface area contributed by atoms with Gasteiger partial charge in [0.25, 0.3) is 0 Å². The lowest BCUT2D eigenvalue weighted by molar-refractivity contribution is 0.423. The lowest BCUT2D eigenvalue weighted by atomic mass is 9.82. The fraction of sp³-hybridized carbons (Fsp3) is 0.636. The molecule has 36 heavy (non-hydrogen) atoms. The van der Waals surface area contributed by atoms with Crippen LogP contribution in [-0.4, -0.2) is 32.2 Å². The largest absolute Gasteiger partial charge is 0.330 e. The molecule has 0 spiro atoms. The van der Waals surface area contributed by atoms with E-state index < -0.39 is 0 Å². The molecule has 0 radical (unpaired) electrons. The summed E-state index contributed by atoms with van der Waals surface area (Å²) in [4.78, 5) is 0. The summed E-state index contributed by atoms with van der Waals surface area (Å²) >= 11 is 0. The van der Waals surface area contributed by atoms with Gasteiger partial charge in [-0.15, -0.1) is 0 Å². The standard InChI is InChI=1S/C33H55N3/c1-32(2,3)30-21-9-7-15-27(30)17-11-19-29(36-26-14-25-35-24-13-23-34)20-12-18-28-16-8-10-22-31(28)33(4,5)6/h7-10,15-16,21-22,29,35-36H,11-14,17-20,23-26,34H2,1-6H3. The van der Waals surface area contributed by atoms with E-state index in [1.807, 2.05) is 0 Å². The first-order chi connectivity index (χ1) is 17.1. The third kappa shape index (κ3) is 11.2. The van der Waals surface area contributed by atoms with Crippen LogP contribution >= 0.6 is 0 Å². The average Bonchev–Trinajstić information content (AvgIpc) is 2.82. The van der Waals surface area contributed by atoms with Crippen LogP contribution in [0.2, 0.25) is 0 Å². The normalized spacial score (nSPS) is 12.4. The molecule has 4 N–H and O–H groups in total. The lowest BCUT2D eigenvalue weighted by Gasteiger charge is -2.24. The van der Waals surface area contributed by atoms with Crippen molar-refractivity contribution in [3.05, 3.63) is 70.8 Å². The van der Waals surface area contributed by atoms with Crippen LogP contribution < -0.4 is 16.4 Å². The SMILES string of the molecule is CC(C)(C)c1ccccc1CCCC(CCCc1ccccc1C(C)(C)C)NCCCNCCCN. The molecule has 2 aromatic rings. The summed E-state index contributed by atoms with van der Waals surface area (Å²) in [5.74, 6) is 0. The quantitative estimate of drug-likeness (QED) is 0.223. The lowest BCUT2D eigenvalue weighted by Crippen LogP contribution is -2.32. The van der Waals surface area contributed by atoms with Crippen molar-refractivity contribution >= 4 is 0 Å². The number of nitrogens with one attached hydrogen (secondary N) is 2. The van der Waals surface area contributed by atoms with Crippen LogP contribution in [0.5, 0.6) is 0 Å². The van der Waals surface area contributed by atoms with Gasteiger partial charge in [0, 0.05) is 6.04 Å². The third-order valence-corrected chi connectivity index (χ3v) is 7.17. The smallest absolute Gasteiger partial charge is 0.00672 e. The van der Waals surface area contributed by atoms with E-state index in [9.17, 15) is 0 Å². The van der Waals surface area contributed by atoms with Gasteiger partial charge >= 0.3 is 0 Å². The summed E-state index contributed by atoms with van der Waals surface area (Å²) in [6, 6.07) is 18.6. The highest BCUT2D eigenvalue weighted by Crippen LogP contribution is 2.28. The van der Waals surface area contributed by atoms with Crippen molar-refractivity contribution in [2.75, 3.05) is 26.2 Å². The molecule has 0 bridgehead atoms. The van der Waals surface area contributed by atoms with Crippen molar-refractivity contribution in [2.24, 2.45) is 5.73 Å². The Hall–Kier alpha value is -1.68. The molecule has 0 aliphatic heterocycles. The van der Waals surface area contributed by atoms with E-state index in [4.69, 9.17) is 5.73 Å². The number of hydrogen-bond acceptors (Lipinski definition) is 3. The molecule has 0 aliphatic carbocycles. The van der Waals surface area contributed by atoms with Gasteiger partial charge in [-0.05, 0) is 111 Å². The van der Waals surface area contributed by atoms with Crippen molar-refractivity contribution in [3.63, 3.8) is 0 Å². The fourth-order valence-electron chi connectivity index (χ4n) is 5.24. The number of benzene rings is 2. The molecule has 0 amide bonds. The molecule has 0 aliphatic rings. The fourth-order valence-corrected chi connectivity index (χ4v) is 5.24. The Labute approximate surface area is 223 Å². The molecular weight excluding hydrogens is 438 g/mol. The molecule has 3 heteroatoms. The summed E-state index contributed by atoms with van der Waals surface area (Å²) in [7, 11) is 0. The van der Waals surface area contributed by atoms with Gasteiger partial charge in [-0.25, -0.2) is 0 Å². The minimum atomic E-state index is 0.200. The van der Waals surface area contributed by atoms with Gasteiger partial charge in [0.1, 0.15) is 0 Å². The van der Waals surface area contributed by atoms with Crippen LogP contribution in [0.1, 0.15) is 102 Å². The summed E-state index contributed by atoms with van der Waals surface area (Å²) < 4.78 is 0. The van der Waals surface area contributed by atoms with Crippen molar-refractivity contribution in [1.29, 1.82) is 0 Å². The molecule has 202 valence electrons. The number of hydrogen-bond donors (Lipinski definition) is 3. The molecule has 0 saturated carbocycles. The molecule has 0 saturated heterocycles. The highest BCUT2D eigenvalue weighted by atomic mass is 14.9. The molecule has 0 atom stereocenters. The molecule has 3 nitrogen and oxygen atoms in total. The Kier molecular flexibility index (Phi) is 13.2.